The van der Waals surface area contributed by atoms with Gasteiger partial charge in [-0.1, -0.05) is 44.9 Å². The van der Waals surface area contributed by atoms with E-state index < -0.39 is 8.03 Å². The molecule has 1 aliphatic rings. The summed E-state index contributed by atoms with van der Waals surface area (Å²) in [5, 5.41) is 0. The Kier molecular flexibility index (Phi) is 5.73. The molecule has 0 bridgehead atoms. The normalized spacial score (nSPS) is 23.5. The molecule has 0 amide bonds. The topological polar surface area (TPSA) is 37.3 Å². The standard InChI is InChI=1S/C10H21O2P/c11-13(12)9-8-10-6-4-2-1-3-5-7-10/h10,13H,1-9H2,(H,11,12). The van der Waals surface area contributed by atoms with Crippen molar-refractivity contribution in [2.75, 3.05) is 6.16 Å². The van der Waals surface area contributed by atoms with Gasteiger partial charge in [-0.15, -0.1) is 0 Å². The fourth-order valence-electron chi connectivity index (χ4n) is 2.16. The van der Waals surface area contributed by atoms with Gasteiger partial charge in [-0.25, -0.2) is 0 Å². The van der Waals surface area contributed by atoms with Crippen LogP contribution in [0.4, 0.5) is 0 Å². The summed E-state index contributed by atoms with van der Waals surface area (Å²) >= 11 is 0. The highest BCUT2D eigenvalue weighted by atomic mass is 31.1. The van der Waals surface area contributed by atoms with Crippen LogP contribution < -0.4 is 0 Å². The molecule has 1 atom stereocenters. The van der Waals surface area contributed by atoms with Gasteiger partial charge in [0.25, 0.3) is 0 Å². The quantitative estimate of drug-likeness (QED) is 0.717. The molecule has 0 spiro atoms. The first kappa shape index (κ1) is 11.3. The van der Waals surface area contributed by atoms with Crippen LogP contribution in [0.15, 0.2) is 0 Å². The van der Waals surface area contributed by atoms with Crippen molar-refractivity contribution >= 4 is 8.03 Å². The molecule has 13 heavy (non-hydrogen) atoms. The minimum absolute atomic E-state index is 0.551. The second kappa shape index (κ2) is 6.62. The molecule has 0 aromatic heterocycles. The highest BCUT2D eigenvalue weighted by molar-refractivity contribution is 7.37. The van der Waals surface area contributed by atoms with Gasteiger partial charge >= 0.3 is 0 Å². The van der Waals surface area contributed by atoms with Crippen LogP contribution in [0, 0.1) is 5.92 Å². The Balaban J connectivity index is 2.17. The SMILES string of the molecule is O=[PH](O)CCC1CCCCCCC1. The Morgan fingerprint density at radius 1 is 1.08 bits per heavy atom. The highest BCUT2D eigenvalue weighted by Gasteiger charge is 2.11. The van der Waals surface area contributed by atoms with Crippen molar-refractivity contribution in [3.05, 3.63) is 0 Å². The van der Waals surface area contributed by atoms with E-state index in [-0.39, 0.29) is 0 Å². The molecule has 0 aliphatic heterocycles. The maximum Gasteiger partial charge on any atom is 0.189 e. The first-order chi connectivity index (χ1) is 6.29. The van der Waals surface area contributed by atoms with Gasteiger partial charge in [0.15, 0.2) is 8.03 Å². The summed E-state index contributed by atoms with van der Waals surface area (Å²) in [6.45, 7) is 0. The maximum atomic E-state index is 10.6. The van der Waals surface area contributed by atoms with Gasteiger partial charge in [0, 0.05) is 6.16 Å². The highest BCUT2D eigenvalue weighted by Crippen LogP contribution is 2.27. The first-order valence-electron chi connectivity index (χ1n) is 5.51. The predicted octanol–water partition coefficient (Wildman–Crippen LogP) is 3.20. The summed E-state index contributed by atoms with van der Waals surface area (Å²) in [6, 6.07) is 0. The minimum Gasteiger partial charge on any atom is -0.346 e. The number of hydrogen-bond acceptors (Lipinski definition) is 1. The lowest BCUT2D eigenvalue weighted by Crippen LogP contribution is -2.04. The lowest BCUT2D eigenvalue weighted by atomic mass is 9.89. The zero-order chi connectivity index (χ0) is 9.52. The van der Waals surface area contributed by atoms with Crippen LogP contribution in [0.5, 0.6) is 0 Å². The predicted molar refractivity (Wildman–Crippen MR) is 56.5 cm³/mol. The molecule has 1 fully saturated rings. The van der Waals surface area contributed by atoms with E-state index in [1.165, 1.54) is 44.9 Å². The molecule has 1 N–H and O–H groups in total. The van der Waals surface area contributed by atoms with E-state index in [1.807, 2.05) is 0 Å². The van der Waals surface area contributed by atoms with E-state index in [2.05, 4.69) is 0 Å². The van der Waals surface area contributed by atoms with Crippen molar-refractivity contribution in [2.24, 2.45) is 5.92 Å². The molecule has 78 valence electrons. The second-order valence-electron chi connectivity index (χ2n) is 4.14. The van der Waals surface area contributed by atoms with Crippen LogP contribution in [0.1, 0.15) is 51.4 Å². The van der Waals surface area contributed by atoms with Gasteiger partial charge in [0.1, 0.15) is 0 Å². The largest absolute Gasteiger partial charge is 0.346 e. The average molecular weight is 204 g/mol. The molecule has 1 unspecified atom stereocenters. The van der Waals surface area contributed by atoms with Crippen molar-refractivity contribution in [2.45, 2.75) is 51.4 Å². The Labute approximate surface area is 81.6 Å². The number of rotatable bonds is 3. The summed E-state index contributed by atoms with van der Waals surface area (Å²) in [5.74, 6) is 0.737. The molecule has 0 aromatic carbocycles. The van der Waals surface area contributed by atoms with E-state index in [4.69, 9.17) is 4.89 Å². The number of hydrogen-bond donors (Lipinski definition) is 1. The first-order valence-corrected chi connectivity index (χ1v) is 7.07. The van der Waals surface area contributed by atoms with E-state index >= 15 is 0 Å². The van der Waals surface area contributed by atoms with Crippen LogP contribution in [0.3, 0.4) is 0 Å². The van der Waals surface area contributed by atoms with Crippen LogP contribution in [-0.4, -0.2) is 11.1 Å². The van der Waals surface area contributed by atoms with Crippen molar-refractivity contribution in [3.63, 3.8) is 0 Å². The van der Waals surface area contributed by atoms with E-state index in [9.17, 15) is 4.57 Å². The Hall–Kier alpha value is 0.190. The van der Waals surface area contributed by atoms with Gasteiger partial charge in [0.05, 0.1) is 0 Å². The van der Waals surface area contributed by atoms with Gasteiger partial charge in [0.2, 0.25) is 0 Å². The molecule has 0 heterocycles. The van der Waals surface area contributed by atoms with Crippen LogP contribution in [0.25, 0.3) is 0 Å². The summed E-state index contributed by atoms with van der Waals surface area (Å²) in [6.07, 6.45) is 10.9. The molecule has 1 aliphatic carbocycles. The van der Waals surface area contributed by atoms with Crippen molar-refractivity contribution < 1.29 is 9.46 Å². The monoisotopic (exact) mass is 204 g/mol. The van der Waals surface area contributed by atoms with Crippen molar-refractivity contribution in [3.8, 4) is 0 Å². The third kappa shape index (κ3) is 5.49. The lowest BCUT2D eigenvalue weighted by Gasteiger charge is -2.18. The Morgan fingerprint density at radius 3 is 2.15 bits per heavy atom. The molecular formula is C10H21O2P. The molecule has 1 saturated carbocycles. The van der Waals surface area contributed by atoms with E-state index in [0.29, 0.717) is 6.16 Å². The summed E-state index contributed by atoms with van der Waals surface area (Å²) in [5.41, 5.74) is 0. The lowest BCUT2D eigenvalue weighted by molar-refractivity contribution is 0.367. The molecule has 0 aromatic rings. The molecule has 0 saturated heterocycles. The second-order valence-corrected chi connectivity index (χ2v) is 5.43. The maximum absolute atomic E-state index is 10.6. The van der Waals surface area contributed by atoms with E-state index in [0.717, 1.165) is 12.3 Å². The van der Waals surface area contributed by atoms with E-state index in [1.54, 1.807) is 0 Å². The summed E-state index contributed by atoms with van der Waals surface area (Å²) in [7, 11) is -2.20. The average Bonchev–Trinajstić information content (AvgIpc) is 2.01. The minimum atomic E-state index is -2.20. The van der Waals surface area contributed by atoms with Gasteiger partial charge < -0.3 is 4.89 Å². The summed E-state index contributed by atoms with van der Waals surface area (Å²) < 4.78 is 10.6. The van der Waals surface area contributed by atoms with Crippen LogP contribution in [-0.2, 0) is 4.57 Å². The molecular weight excluding hydrogens is 183 g/mol. The van der Waals surface area contributed by atoms with Crippen LogP contribution >= 0.6 is 8.03 Å². The third-order valence-corrected chi connectivity index (χ3v) is 3.71. The molecule has 1 rings (SSSR count). The van der Waals surface area contributed by atoms with Crippen LogP contribution in [0.2, 0.25) is 0 Å². The third-order valence-electron chi connectivity index (χ3n) is 2.99. The smallest absolute Gasteiger partial charge is 0.189 e. The zero-order valence-corrected chi connectivity index (χ0v) is 9.30. The molecule has 2 nitrogen and oxygen atoms in total. The molecule has 0 radical (unpaired) electrons. The van der Waals surface area contributed by atoms with Crippen molar-refractivity contribution in [1.82, 2.24) is 0 Å². The van der Waals surface area contributed by atoms with Gasteiger partial charge in [-0.3, -0.25) is 4.57 Å². The Morgan fingerprint density at radius 2 is 1.62 bits per heavy atom. The van der Waals surface area contributed by atoms with Crippen molar-refractivity contribution in [1.29, 1.82) is 0 Å². The van der Waals surface area contributed by atoms with Gasteiger partial charge in [-0.05, 0) is 12.3 Å². The fourth-order valence-corrected chi connectivity index (χ4v) is 2.81. The Bertz CT molecular complexity index is 151. The summed E-state index contributed by atoms with van der Waals surface area (Å²) in [4.78, 5) is 8.76. The zero-order valence-electron chi connectivity index (χ0n) is 8.30. The van der Waals surface area contributed by atoms with Gasteiger partial charge in [-0.2, -0.15) is 0 Å². The fraction of sp³-hybridized carbons (Fsp3) is 1.00. The molecule has 3 heteroatoms.